The zero-order chi connectivity index (χ0) is 16.1. The second-order valence-corrected chi connectivity index (χ2v) is 6.26. The number of amides is 2. The van der Waals surface area contributed by atoms with Gasteiger partial charge in [0.2, 0.25) is 0 Å². The number of hydrogen-bond donors (Lipinski definition) is 1. The monoisotopic (exact) mass is 381 g/mol. The highest BCUT2D eigenvalue weighted by molar-refractivity contribution is 9.10. The Morgan fingerprint density at radius 3 is 2.82 bits per heavy atom. The number of nitrogens with zero attached hydrogens (tertiary/aromatic N) is 2. The lowest BCUT2D eigenvalue weighted by molar-refractivity contribution is 0.193. The minimum atomic E-state index is -0.169. The molecule has 0 aliphatic heterocycles. The molecule has 1 N–H and O–H groups in total. The minimum absolute atomic E-state index is 0.110. The van der Waals surface area contributed by atoms with Crippen LogP contribution in [0.5, 0.6) is 0 Å². The molecular weight excluding hydrogens is 366 g/mol. The van der Waals surface area contributed by atoms with Gasteiger partial charge in [0.15, 0.2) is 0 Å². The summed E-state index contributed by atoms with van der Waals surface area (Å²) in [5.41, 5.74) is 1.72. The molecule has 1 atom stereocenters. The smallest absolute Gasteiger partial charge is 0.317 e. The van der Waals surface area contributed by atoms with Gasteiger partial charge in [-0.2, -0.15) is 0 Å². The summed E-state index contributed by atoms with van der Waals surface area (Å²) in [6.45, 7) is 2.32. The predicted molar refractivity (Wildman–Crippen MR) is 91.8 cm³/mol. The average Bonchev–Trinajstić information content (AvgIpc) is 2.53. The molecule has 0 spiro atoms. The first-order valence-corrected chi connectivity index (χ1v) is 8.01. The number of benzene rings is 1. The van der Waals surface area contributed by atoms with Crippen LogP contribution in [-0.4, -0.2) is 23.0 Å². The summed E-state index contributed by atoms with van der Waals surface area (Å²) in [5, 5.41) is 3.49. The summed E-state index contributed by atoms with van der Waals surface area (Å²) in [6, 6.07) is 11.0. The van der Waals surface area contributed by atoms with Crippen LogP contribution in [0, 0.1) is 0 Å². The molecule has 6 heteroatoms. The number of halogens is 2. The van der Waals surface area contributed by atoms with Crippen LogP contribution in [0.1, 0.15) is 24.2 Å². The zero-order valence-electron chi connectivity index (χ0n) is 12.4. The van der Waals surface area contributed by atoms with Gasteiger partial charge in [0.25, 0.3) is 0 Å². The Balaban J connectivity index is 1.97. The van der Waals surface area contributed by atoms with Gasteiger partial charge in [0, 0.05) is 29.3 Å². The van der Waals surface area contributed by atoms with Gasteiger partial charge in [0.05, 0.1) is 11.7 Å². The van der Waals surface area contributed by atoms with Crippen molar-refractivity contribution >= 4 is 33.6 Å². The second kappa shape index (κ2) is 7.61. The van der Waals surface area contributed by atoms with Crippen molar-refractivity contribution in [2.45, 2.75) is 19.5 Å². The van der Waals surface area contributed by atoms with E-state index in [1.54, 1.807) is 18.1 Å². The van der Waals surface area contributed by atoms with Crippen LogP contribution in [0.4, 0.5) is 4.79 Å². The Labute approximate surface area is 143 Å². The average molecular weight is 383 g/mol. The van der Waals surface area contributed by atoms with Crippen LogP contribution >= 0.6 is 27.5 Å². The van der Waals surface area contributed by atoms with Gasteiger partial charge in [0.1, 0.15) is 0 Å². The lowest BCUT2D eigenvalue weighted by atomic mass is 10.2. The Morgan fingerprint density at radius 1 is 1.41 bits per heavy atom. The van der Waals surface area contributed by atoms with Crippen molar-refractivity contribution in [3.05, 3.63) is 63.3 Å². The molecule has 22 heavy (non-hydrogen) atoms. The number of hydrogen-bond acceptors (Lipinski definition) is 2. The van der Waals surface area contributed by atoms with E-state index in [1.165, 1.54) is 0 Å². The highest BCUT2D eigenvalue weighted by Gasteiger charge is 2.18. The van der Waals surface area contributed by atoms with E-state index in [4.69, 9.17) is 11.6 Å². The van der Waals surface area contributed by atoms with Crippen molar-refractivity contribution in [3.63, 3.8) is 0 Å². The highest BCUT2D eigenvalue weighted by atomic mass is 79.9. The van der Waals surface area contributed by atoms with Crippen LogP contribution in [-0.2, 0) is 6.54 Å². The van der Waals surface area contributed by atoms with Crippen molar-refractivity contribution in [2.24, 2.45) is 0 Å². The van der Waals surface area contributed by atoms with E-state index < -0.39 is 0 Å². The van der Waals surface area contributed by atoms with Gasteiger partial charge >= 0.3 is 6.03 Å². The van der Waals surface area contributed by atoms with Crippen molar-refractivity contribution < 1.29 is 4.79 Å². The molecule has 0 saturated heterocycles. The van der Waals surface area contributed by atoms with Gasteiger partial charge < -0.3 is 10.2 Å². The number of aromatic nitrogens is 1. The molecule has 0 aliphatic rings. The van der Waals surface area contributed by atoms with E-state index in [-0.39, 0.29) is 12.1 Å². The van der Waals surface area contributed by atoms with Crippen LogP contribution in [0.3, 0.4) is 0 Å². The Kier molecular flexibility index (Phi) is 5.80. The van der Waals surface area contributed by atoms with E-state index in [0.717, 1.165) is 15.7 Å². The molecular formula is C16H17BrClN3O. The molecule has 116 valence electrons. The number of carbonyl (C=O) groups is 1. The minimum Gasteiger partial charge on any atom is -0.334 e. The number of nitrogens with one attached hydrogen (secondary N) is 1. The van der Waals surface area contributed by atoms with Crippen LogP contribution in [0.25, 0.3) is 0 Å². The van der Waals surface area contributed by atoms with E-state index in [0.29, 0.717) is 11.6 Å². The molecule has 0 fully saturated rings. The second-order valence-electron chi connectivity index (χ2n) is 4.94. The van der Waals surface area contributed by atoms with Crippen molar-refractivity contribution in [3.8, 4) is 0 Å². The molecule has 0 bridgehead atoms. The number of carbonyl (C=O) groups excluding carboxylic acids is 1. The van der Waals surface area contributed by atoms with Crippen molar-refractivity contribution in [1.29, 1.82) is 0 Å². The maximum atomic E-state index is 12.2. The van der Waals surface area contributed by atoms with Gasteiger partial charge in [-0.15, -0.1) is 0 Å². The standard InChI is InChI=1S/C16H17BrClN3O/c1-11(15-5-3-4-8-19-15)21(2)16(22)20-10-12-6-7-13(17)9-14(12)18/h3-9,11H,10H2,1-2H3,(H,20,22)/t11-/m0/s1. The summed E-state index contributed by atoms with van der Waals surface area (Å²) in [6.07, 6.45) is 1.72. The molecule has 4 nitrogen and oxygen atoms in total. The molecule has 1 aromatic carbocycles. The lowest BCUT2D eigenvalue weighted by Crippen LogP contribution is -2.38. The summed E-state index contributed by atoms with van der Waals surface area (Å²) in [7, 11) is 1.75. The molecule has 2 rings (SSSR count). The van der Waals surface area contributed by atoms with Crippen molar-refractivity contribution in [2.75, 3.05) is 7.05 Å². The molecule has 0 radical (unpaired) electrons. The Hall–Kier alpha value is -1.59. The summed E-state index contributed by atoms with van der Waals surface area (Å²) >= 11 is 9.50. The largest absolute Gasteiger partial charge is 0.334 e. The third-order valence-corrected chi connectivity index (χ3v) is 4.31. The van der Waals surface area contributed by atoms with Crippen LogP contribution in [0.2, 0.25) is 5.02 Å². The van der Waals surface area contributed by atoms with E-state index in [9.17, 15) is 4.79 Å². The SMILES string of the molecule is C[C@@H](c1ccccn1)N(C)C(=O)NCc1ccc(Br)cc1Cl. The first kappa shape index (κ1) is 16.8. The zero-order valence-corrected chi connectivity index (χ0v) is 14.7. The first-order valence-electron chi connectivity index (χ1n) is 6.84. The highest BCUT2D eigenvalue weighted by Crippen LogP contribution is 2.21. The summed E-state index contributed by atoms with van der Waals surface area (Å²) < 4.78 is 0.911. The molecule has 2 aromatic rings. The molecule has 2 amide bonds. The first-order chi connectivity index (χ1) is 10.5. The fourth-order valence-corrected chi connectivity index (χ4v) is 2.70. The van der Waals surface area contributed by atoms with Gasteiger partial charge in [-0.05, 0) is 36.8 Å². The van der Waals surface area contributed by atoms with Crippen LogP contribution in [0.15, 0.2) is 47.1 Å². The van der Waals surface area contributed by atoms with E-state index in [1.807, 2.05) is 43.3 Å². The Bertz CT molecular complexity index is 651. The predicted octanol–water partition coefficient (Wildman–Crippen LogP) is 4.40. The maximum absolute atomic E-state index is 12.2. The summed E-state index contributed by atoms with van der Waals surface area (Å²) in [4.78, 5) is 18.1. The molecule has 0 saturated carbocycles. The maximum Gasteiger partial charge on any atom is 0.317 e. The third kappa shape index (κ3) is 4.21. The Morgan fingerprint density at radius 2 is 2.18 bits per heavy atom. The van der Waals surface area contributed by atoms with Gasteiger partial charge in [-0.25, -0.2) is 4.79 Å². The lowest BCUT2D eigenvalue weighted by Gasteiger charge is -2.24. The van der Waals surface area contributed by atoms with Gasteiger partial charge in [-0.3, -0.25) is 4.98 Å². The third-order valence-electron chi connectivity index (χ3n) is 3.46. The summed E-state index contributed by atoms with van der Waals surface area (Å²) in [5.74, 6) is 0. The van der Waals surface area contributed by atoms with E-state index >= 15 is 0 Å². The van der Waals surface area contributed by atoms with E-state index in [2.05, 4.69) is 26.2 Å². The molecule has 0 unspecified atom stereocenters. The van der Waals surface area contributed by atoms with Crippen LogP contribution < -0.4 is 5.32 Å². The number of urea groups is 1. The number of pyridine rings is 1. The molecule has 0 aliphatic carbocycles. The van der Waals surface area contributed by atoms with Crippen molar-refractivity contribution in [1.82, 2.24) is 15.2 Å². The normalized spacial score (nSPS) is 11.8. The quantitative estimate of drug-likeness (QED) is 0.852. The molecule has 1 heterocycles. The molecule has 1 aromatic heterocycles. The van der Waals surface area contributed by atoms with Gasteiger partial charge in [-0.1, -0.05) is 39.7 Å². The number of rotatable bonds is 4. The topological polar surface area (TPSA) is 45.2 Å². The fourth-order valence-electron chi connectivity index (χ4n) is 1.96. The fraction of sp³-hybridized carbons (Fsp3) is 0.250.